The van der Waals surface area contributed by atoms with Crippen molar-refractivity contribution in [2.45, 2.75) is 6.18 Å². The first-order chi connectivity index (χ1) is 14.1. The Morgan fingerprint density at radius 1 is 1.03 bits per heavy atom. The molecule has 1 aromatic heterocycles. The molecule has 3 rings (SSSR count). The van der Waals surface area contributed by atoms with Gasteiger partial charge in [-0.1, -0.05) is 0 Å². The van der Waals surface area contributed by atoms with Crippen LogP contribution in [0.3, 0.4) is 0 Å². The lowest BCUT2D eigenvalue weighted by molar-refractivity contribution is -0.394. The number of halogens is 3. The zero-order chi connectivity index (χ0) is 22.1. The summed E-state index contributed by atoms with van der Waals surface area (Å²) < 4.78 is 40.7. The maximum absolute atomic E-state index is 13.1. The zero-order valence-electron chi connectivity index (χ0n) is 14.7. The van der Waals surface area contributed by atoms with Crippen LogP contribution in [-0.4, -0.2) is 25.3 Å². The number of non-ortho nitro benzene ring substituents is 2. The van der Waals surface area contributed by atoms with Gasteiger partial charge in [0.25, 0.3) is 17.3 Å². The standard InChI is InChI=1S/C17H10F3N5O5/c18-17(19,20)11-1-2-15(23-4-3-21-9-23)14(7-11)22-16(26)10-5-12(24(27)28)8-13(6-10)25(29)30/h1-9H,(H,22,26). The molecule has 0 saturated heterocycles. The minimum Gasteiger partial charge on any atom is -0.320 e. The first-order valence-corrected chi connectivity index (χ1v) is 8.01. The Morgan fingerprint density at radius 3 is 2.17 bits per heavy atom. The van der Waals surface area contributed by atoms with Gasteiger partial charge in [-0.15, -0.1) is 0 Å². The van der Waals surface area contributed by atoms with Crippen LogP contribution in [0.25, 0.3) is 5.69 Å². The molecule has 0 saturated carbocycles. The number of hydrogen-bond acceptors (Lipinski definition) is 6. The third kappa shape index (κ3) is 4.24. The molecular weight excluding hydrogens is 411 g/mol. The number of anilines is 1. The Morgan fingerprint density at radius 2 is 1.67 bits per heavy atom. The predicted octanol–water partition coefficient (Wildman–Crippen LogP) is 3.96. The number of aromatic nitrogens is 2. The lowest BCUT2D eigenvalue weighted by atomic mass is 10.1. The summed E-state index contributed by atoms with van der Waals surface area (Å²) in [5.74, 6) is -1.07. The van der Waals surface area contributed by atoms with Crippen molar-refractivity contribution < 1.29 is 27.8 Å². The van der Waals surface area contributed by atoms with E-state index in [4.69, 9.17) is 0 Å². The van der Waals surface area contributed by atoms with E-state index in [1.165, 1.54) is 23.3 Å². The van der Waals surface area contributed by atoms with Crippen molar-refractivity contribution in [3.63, 3.8) is 0 Å². The smallest absolute Gasteiger partial charge is 0.320 e. The van der Waals surface area contributed by atoms with Gasteiger partial charge in [0, 0.05) is 24.5 Å². The Kier molecular flexibility index (Phi) is 5.19. The number of alkyl halides is 3. The highest BCUT2D eigenvalue weighted by molar-refractivity contribution is 6.06. The van der Waals surface area contributed by atoms with E-state index in [2.05, 4.69) is 10.3 Å². The molecule has 3 aromatic rings. The number of rotatable bonds is 5. The van der Waals surface area contributed by atoms with Crippen molar-refractivity contribution in [2.75, 3.05) is 5.32 Å². The topological polar surface area (TPSA) is 133 Å². The summed E-state index contributed by atoms with van der Waals surface area (Å²) in [6.07, 6.45) is -0.614. The fourth-order valence-electron chi connectivity index (χ4n) is 2.57. The van der Waals surface area contributed by atoms with Gasteiger partial charge in [0.1, 0.15) is 0 Å². The van der Waals surface area contributed by atoms with E-state index in [0.29, 0.717) is 12.1 Å². The van der Waals surface area contributed by atoms with Crippen molar-refractivity contribution in [1.29, 1.82) is 0 Å². The fourth-order valence-corrected chi connectivity index (χ4v) is 2.57. The van der Waals surface area contributed by atoms with Crippen LogP contribution in [0.15, 0.2) is 55.1 Å². The first-order valence-electron chi connectivity index (χ1n) is 8.01. The van der Waals surface area contributed by atoms with Crippen molar-refractivity contribution in [3.8, 4) is 5.69 Å². The molecule has 0 unspecified atom stereocenters. The molecule has 0 fully saturated rings. The van der Waals surface area contributed by atoms with Crippen molar-refractivity contribution >= 4 is 23.0 Å². The number of nitrogens with zero attached hydrogens (tertiary/aromatic N) is 4. The fraction of sp³-hybridized carbons (Fsp3) is 0.0588. The Balaban J connectivity index is 2.06. The van der Waals surface area contributed by atoms with Crippen LogP contribution in [0.1, 0.15) is 15.9 Å². The second-order valence-electron chi connectivity index (χ2n) is 5.91. The highest BCUT2D eigenvalue weighted by Gasteiger charge is 2.31. The third-order valence-corrected chi connectivity index (χ3v) is 3.94. The average Bonchev–Trinajstić information content (AvgIpc) is 3.21. The molecule has 0 atom stereocenters. The third-order valence-electron chi connectivity index (χ3n) is 3.94. The van der Waals surface area contributed by atoms with E-state index in [1.54, 1.807) is 0 Å². The molecule has 0 radical (unpaired) electrons. The predicted molar refractivity (Wildman–Crippen MR) is 96.3 cm³/mol. The van der Waals surface area contributed by atoms with Crippen LogP contribution >= 0.6 is 0 Å². The molecule has 0 aliphatic rings. The minimum atomic E-state index is -4.70. The molecule has 30 heavy (non-hydrogen) atoms. The Bertz CT molecular complexity index is 1110. The summed E-state index contributed by atoms with van der Waals surface area (Å²) in [6.45, 7) is 0. The molecule has 0 aliphatic heterocycles. The first kappa shape index (κ1) is 20.4. The molecule has 1 heterocycles. The van der Waals surface area contributed by atoms with Gasteiger partial charge in [0.05, 0.1) is 44.7 Å². The monoisotopic (exact) mass is 421 g/mol. The molecule has 154 valence electrons. The molecule has 0 aliphatic carbocycles. The van der Waals surface area contributed by atoms with E-state index in [1.807, 2.05) is 0 Å². The van der Waals surface area contributed by atoms with E-state index < -0.39 is 44.4 Å². The van der Waals surface area contributed by atoms with E-state index in [0.717, 1.165) is 24.3 Å². The summed E-state index contributed by atoms with van der Waals surface area (Å²) in [5, 5.41) is 24.2. The van der Waals surface area contributed by atoms with Gasteiger partial charge in [0.15, 0.2) is 0 Å². The molecule has 13 heteroatoms. The van der Waals surface area contributed by atoms with Crippen LogP contribution < -0.4 is 5.32 Å². The van der Waals surface area contributed by atoms with Crippen LogP contribution in [0.5, 0.6) is 0 Å². The number of nitrogens with one attached hydrogen (secondary N) is 1. The second-order valence-corrected chi connectivity index (χ2v) is 5.91. The lowest BCUT2D eigenvalue weighted by Crippen LogP contribution is -2.16. The zero-order valence-corrected chi connectivity index (χ0v) is 14.7. The summed E-state index contributed by atoms with van der Waals surface area (Å²) >= 11 is 0. The molecular formula is C17H10F3N5O5. The van der Waals surface area contributed by atoms with E-state index in [-0.39, 0.29) is 11.4 Å². The average molecular weight is 421 g/mol. The van der Waals surface area contributed by atoms with Crippen molar-refractivity contribution in [3.05, 3.63) is 86.5 Å². The minimum absolute atomic E-state index is 0.133. The van der Waals surface area contributed by atoms with Crippen LogP contribution in [-0.2, 0) is 6.18 Å². The van der Waals surface area contributed by atoms with Crippen LogP contribution in [0.4, 0.5) is 30.2 Å². The maximum Gasteiger partial charge on any atom is 0.416 e. The number of carbonyl (C=O) groups excluding carboxylic acids is 1. The number of amides is 1. The van der Waals surface area contributed by atoms with Gasteiger partial charge in [-0.3, -0.25) is 25.0 Å². The second kappa shape index (κ2) is 7.62. The number of hydrogen-bond donors (Lipinski definition) is 1. The molecule has 1 N–H and O–H groups in total. The SMILES string of the molecule is O=C(Nc1cc(C(F)(F)F)ccc1-n1ccnc1)c1cc([N+](=O)[O-])cc([N+](=O)[O-])c1. The number of nitro benzene ring substituents is 2. The van der Waals surface area contributed by atoms with Gasteiger partial charge in [-0.05, 0) is 18.2 Å². The van der Waals surface area contributed by atoms with E-state index >= 15 is 0 Å². The van der Waals surface area contributed by atoms with Gasteiger partial charge in [0.2, 0.25) is 0 Å². The molecule has 10 nitrogen and oxygen atoms in total. The molecule has 0 spiro atoms. The highest BCUT2D eigenvalue weighted by Crippen LogP contribution is 2.34. The number of carbonyl (C=O) groups is 1. The van der Waals surface area contributed by atoms with Gasteiger partial charge in [-0.2, -0.15) is 13.2 Å². The molecule has 2 aromatic carbocycles. The largest absolute Gasteiger partial charge is 0.416 e. The molecule has 0 bridgehead atoms. The molecule has 1 amide bonds. The highest BCUT2D eigenvalue weighted by atomic mass is 19.4. The summed E-state index contributed by atoms with van der Waals surface area (Å²) in [6, 6.07) is 4.83. The van der Waals surface area contributed by atoms with Crippen LogP contribution in [0.2, 0.25) is 0 Å². The van der Waals surface area contributed by atoms with Gasteiger partial charge >= 0.3 is 6.18 Å². The normalized spacial score (nSPS) is 11.2. The maximum atomic E-state index is 13.1. The van der Waals surface area contributed by atoms with Crippen LogP contribution in [0, 0.1) is 20.2 Å². The number of nitro groups is 2. The summed E-state index contributed by atoms with van der Waals surface area (Å²) in [4.78, 5) is 36.5. The van der Waals surface area contributed by atoms with Crippen molar-refractivity contribution in [1.82, 2.24) is 9.55 Å². The Hall–Kier alpha value is -4.29. The summed E-state index contributed by atoms with van der Waals surface area (Å²) in [5.41, 5.74) is -3.09. The number of benzene rings is 2. The summed E-state index contributed by atoms with van der Waals surface area (Å²) in [7, 11) is 0. The van der Waals surface area contributed by atoms with E-state index in [9.17, 15) is 38.2 Å². The Labute approximate surface area is 164 Å². The lowest BCUT2D eigenvalue weighted by Gasteiger charge is -2.15. The van der Waals surface area contributed by atoms with Crippen molar-refractivity contribution in [2.24, 2.45) is 0 Å². The number of imidazole rings is 1. The quantitative estimate of drug-likeness (QED) is 0.490. The van der Waals surface area contributed by atoms with Gasteiger partial charge in [-0.25, -0.2) is 4.98 Å². The van der Waals surface area contributed by atoms with Gasteiger partial charge < -0.3 is 9.88 Å².